The molecule has 23 heavy (non-hydrogen) atoms. The summed E-state index contributed by atoms with van der Waals surface area (Å²) in [6, 6.07) is 1.91. The number of morpholine rings is 1. The fraction of sp³-hybridized carbons (Fsp3) is 0.533. The highest BCUT2D eigenvalue weighted by atomic mass is 16.6. The Morgan fingerprint density at radius 3 is 2.65 bits per heavy atom. The molecule has 122 valence electrons. The second-order valence-corrected chi connectivity index (χ2v) is 5.68. The molecule has 0 aromatic carbocycles. The Hall–Kier alpha value is -2.35. The Kier molecular flexibility index (Phi) is 4.33. The number of hydrogen-bond donors (Lipinski definition) is 0. The van der Waals surface area contributed by atoms with Crippen LogP contribution in [0.4, 0.5) is 0 Å². The first kappa shape index (κ1) is 15.5. The summed E-state index contributed by atoms with van der Waals surface area (Å²) in [5.74, 6) is 0.598. The summed E-state index contributed by atoms with van der Waals surface area (Å²) in [4.78, 5) is 23.1. The molecular weight excluding hydrogens is 298 g/mol. The van der Waals surface area contributed by atoms with E-state index in [1.165, 1.54) is 0 Å². The fourth-order valence-electron chi connectivity index (χ4n) is 2.59. The van der Waals surface area contributed by atoms with Crippen molar-refractivity contribution in [3.05, 3.63) is 34.7 Å². The molecule has 1 fully saturated rings. The normalized spacial score (nSPS) is 18.2. The zero-order chi connectivity index (χ0) is 16.4. The third-order valence-corrected chi connectivity index (χ3v) is 3.77. The minimum atomic E-state index is -0.303. The van der Waals surface area contributed by atoms with Gasteiger partial charge < -0.3 is 9.64 Å². The Bertz CT molecular complexity index is 695. The molecule has 0 saturated carbocycles. The molecule has 2 aromatic rings. The lowest BCUT2D eigenvalue weighted by atomic mass is 10.2. The van der Waals surface area contributed by atoms with Crippen LogP contribution in [0.25, 0.3) is 0 Å². The minimum Gasteiger partial charge on any atom is -0.367 e. The van der Waals surface area contributed by atoms with Gasteiger partial charge in [-0.2, -0.15) is 0 Å². The molecule has 0 aliphatic carbocycles. The fourth-order valence-corrected chi connectivity index (χ4v) is 2.59. The summed E-state index contributed by atoms with van der Waals surface area (Å²) in [5, 5.41) is 7.46. The zero-order valence-electron chi connectivity index (χ0n) is 13.4. The molecule has 0 bridgehead atoms. The summed E-state index contributed by atoms with van der Waals surface area (Å²) in [5.41, 5.74) is 2.99. The van der Waals surface area contributed by atoms with Crippen molar-refractivity contribution in [2.45, 2.75) is 33.3 Å². The average Bonchev–Trinajstić information content (AvgIpc) is 2.91. The maximum absolute atomic E-state index is 12.4. The highest BCUT2D eigenvalue weighted by Crippen LogP contribution is 2.20. The van der Waals surface area contributed by atoms with Crippen molar-refractivity contribution in [1.82, 2.24) is 25.2 Å². The number of aromatic nitrogens is 4. The minimum absolute atomic E-state index is 0.0264. The predicted octanol–water partition coefficient (Wildman–Crippen LogP) is 0.927. The number of aryl methyl sites for hydroxylation is 3. The lowest BCUT2D eigenvalue weighted by Gasteiger charge is -2.32. The quantitative estimate of drug-likeness (QED) is 0.831. The van der Waals surface area contributed by atoms with Crippen molar-refractivity contribution < 1.29 is 14.2 Å². The molecule has 1 aliphatic heterocycles. The third-order valence-electron chi connectivity index (χ3n) is 3.77. The molecule has 3 heterocycles. The second kappa shape index (κ2) is 6.41. The number of amides is 1. The lowest BCUT2D eigenvalue weighted by Crippen LogP contribution is -2.43. The molecule has 0 spiro atoms. The van der Waals surface area contributed by atoms with Crippen LogP contribution in [0.1, 0.15) is 34.7 Å². The molecule has 0 N–H and O–H groups in total. The summed E-state index contributed by atoms with van der Waals surface area (Å²) in [6.45, 7) is 7.05. The van der Waals surface area contributed by atoms with E-state index in [9.17, 15) is 4.79 Å². The number of carbonyl (C=O) groups excluding carboxylic acids is 1. The molecule has 8 heteroatoms. The first-order chi connectivity index (χ1) is 11.0. The van der Waals surface area contributed by atoms with Crippen LogP contribution in [-0.4, -0.2) is 50.8 Å². The van der Waals surface area contributed by atoms with Crippen LogP contribution in [-0.2, 0) is 16.0 Å². The van der Waals surface area contributed by atoms with Gasteiger partial charge in [-0.1, -0.05) is 10.3 Å². The molecule has 1 atom stereocenters. The molecule has 3 rings (SSSR count). The van der Waals surface area contributed by atoms with Crippen LogP contribution >= 0.6 is 0 Å². The van der Waals surface area contributed by atoms with E-state index < -0.39 is 0 Å². The van der Waals surface area contributed by atoms with E-state index in [0.29, 0.717) is 36.9 Å². The molecule has 1 aliphatic rings. The molecule has 0 radical (unpaired) electrons. The van der Waals surface area contributed by atoms with Crippen molar-refractivity contribution in [1.29, 1.82) is 0 Å². The Balaban J connectivity index is 1.70. The number of hydrogen-bond acceptors (Lipinski definition) is 7. The molecular formula is C15H19N5O3. The van der Waals surface area contributed by atoms with Crippen LogP contribution in [0.3, 0.4) is 0 Å². The molecule has 2 aromatic heterocycles. The lowest BCUT2D eigenvalue weighted by molar-refractivity contribution is -0.138. The second-order valence-electron chi connectivity index (χ2n) is 5.68. The molecule has 1 unspecified atom stereocenters. The highest BCUT2D eigenvalue weighted by Gasteiger charge is 2.28. The largest absolute Gasteiger partial charge is 0.367 e. The first-order valence-electron chi connectivity index (χ1n) is 7.52. The highest BCUT2D eigenvalue weighted by molar-refractivity contribution is 5.78. The molecule has 1 amide bonds. The van der Waals surface area contributed by atoms with E-state index in [1.807, 2.05) is 19.9 Å². The van der Waals surface area contributed by atoms with E-state index in [0.717, 1.165) is 11.4 Å². The number of carbonyl (C=O) groups is 1. The number of rotatable bonds is 3. The Morgan fingerprint density at radius 2 is 2.00 bits per heavy atom. The van der Waals surface area contributed by atoms with Crippen LogP contribution in [0, 0.1) is 20.8 Å². The van der Waals surface area contributed by atoms with Crippen molar-refractivity contribution in [2.24, 2.45) is 0 Å². The van der Waals surface area contributed by atoms with Crippen LogP contribution in [0.2, 0.25) is 0 Å². The topological polar surface area (TPSA) is 94.2 Å². The van der Waals surface area contributed by atoms with Crippen molar-refractivity contribution in [3.63, 3.8) is 0 Å². The average molecular weight is 317 g/mol. The van der Waals surface area contributed by atoms with E-state index in [4.69, 9.17) is 4.74 Å². The van der Waals surface area contributed by atoms with E-state index >= 15 is 0 Å². The maximum atomic E-state index is 12.4. The third kappa shape index (κ3) is 3.53. The van der Waals surface area contributed by atoms with Gasteiger partial charge in [-0.3, -0.25) is 4.79 Å². The van der Waals surface area contributed by atoms with Gasteiger partial charge in [0.05, 0.1) is 19.6 Å². The van der Waals surface area contributed by atoms with E-state index in [2.05, 4.69) is 24.9 Å². The Morgan fingerprint density at radius 1 is 1.26 bits per heavy atom. The molecule has 8 nitrogen and oxygen atoms in total. The zero-order valence-corrected chi connectivity index (χ0v) is 13.4. The summed E-state index contributed by atoms with van der Waals surface area (Å²) in [6.07, 6.45) is -0.127. The van der Waals surface area contributed by atoms with Crippen molar-refractivity contribution in [3.8, 4) is 0 Å². The van der Waals surface area contributed by atoms with E-state index in [-0.39, 0.29) is 18.4 Å². The van der Waals surface area contributed by atoms with Gasteiger partial charge in [0, 0.05) is 17.9 Å². The summed E-state index contributed by atoms with van der Waals surface area (Å²) < 4.78 is 10.4. The van der Waals surface area contributed by atoms with Gasteiger partial charge in [-0.25, -0.2) is 14.6 Å². The van der Waals surface area contributed by atoms with Gasteiger partial charge in [-0.05, 0) is 26.8 Å². The summed E-state index contributed by atoms with van der Waals surface area (Å²) >= 11 is 0. The number of nitrogens with zero attached hydrogens (tertiary/aromatic N) is 5. The van der Waals surface area contributed by atoms with Crippen LogP contribution in [0.5, 0.6) is 0 Å². The van der Waals surface area contributed by atoms with Crippen LogP contribution < -0.4 is 0 Å². The van der Waals surface area contributed by atoms with Gasteiger partial charge in [0.25, 0.3) is 0 Å². The monoisotopic (exact) mass is 317 g/mol. The maximum Gasteiger partial charge on any atom is 0.228 e. The van der Waals surface area contributed by atoms with Gasteiger partial charge in [0.1, 0.15) is 17.5 Å². The standard InChI is InChI=1S/C15H19N5O3/c1-9-6-10(2)17-15(16-9)13-8-20(4-5-22-13)14(21)7-12-11(3)18-23-19-12/h6,13H,4-5,7-8H2,1-3H3. The van der Waals surface area contributed by atoms with E-state index in [1.54, 1.807) is 11.8 Å². The predicted molar refractivity (Wildman–Crippen MR) is 79.5 cm³/mol. The van der Waals surface area contributed by atoms with Crippen molar-refractivity contribution >= 4 is 5.91 Å². The van der Waals surface area contributed by atoms with Crippen molar-refractivity contribution in [2.75, 3.05) is 19.7 Å². The molecule has 1 saturated heterocycles. The SMILES string of the molecule is Cc1cc(C)nc(C2CN(C(=O)Cc3nonc3C)CCO2)n1. The smallest absolute Gasteiger partial charge is 0.228 e. The van der Waals surface area contributed by atoms with Gasteiger partial charge in [0.15, 0.2) is 5.82 Å². The number of ether oxygens (including phenoxy) is 1. The van der Waals surface area contributed by atoms with Crippen LogP contribution in [0.15, 0.2) is 10.7 Å². The Labute approximate surface area is 133 Å². The summed E-state index contributed by atoms with van der Waals surface area (Å²) in [7, 11) is 0. The first-order valence-corrected chi connectivity index (χ1v) is 7.52. The van der Waals surface area contributed by atoms with Gasteiger partial charge in [0.2, 0.25) is 5.91 Å². The van der Waals surface area contributed by atoms with Gasteiger partial charge in [-0.15, -0.1) is 0 Å². The van der Waals surface area contributed by atoms with Gasteiger partial charge >= 0.3 is 0 Å².